The highest BCUT2D eigenvalue weighted by molar-refractivity contribution is 5.98. The Kier molecular flexibility index (Phi) is 8.01. The summed E-state index contributed by atoms with van der Waals surface area (Å²) >= 11 is 0. The van der Waals surface area contributed by atoms with Gasteiger partial charge in [0.1, 0.15) is 11.4 Å². The summed E-state index contributed by atoms with van der Waals surface area (Å²) in [4.78, 5) is 15.8. The van der Waals surface area contributed by atoms with E-state index in [0.717, 1.165) is 38.8 Å². The van der Waals surface area contributed by atoms with Gasteiger partial charge in [0.15, 0.2) is 29.2 Å². The first-order chi connectivity index (χ1) is 21.0. The number of nitrogens with one attached hydrogen (secondary N) is 1. The van der Waals surface area contributed by atoms with Crippen LogP contribution in [0.5, 0.6) is 28.7 Å². The Hall–Kier alpha value is -4.85. The summed E-state index contributed by atoms with van der Waals surface area (Å²) in [6.45, 7) is 1.07. The fraction of sp³-hybridized carbons (Fsp3) is 0.286. The number of hydrogen-bond acceptors (Lipinski definition) is 7. The van der Waals surface area contributed by atoms with Crippen LogP contribution in [0.15, 0.2) is 84.1 Å². The van der Waals surface area contributed by atoms with E-state index in [0.29, 0.717) is 61.0 Å². The lowest BCUT2D eigenvalue weighted by atomic mass is 9.94. The fourth-order valence-electron chi connectivity index (χ4n) is 5.99. The minimum atomic E-state index is -0.468. The molecule has 4 aromatic rings. The van der Waals surface area contributed by atoms with Gasteiger partial charge in [-0.15, -0.1) is 0 Å². The number of benzene rings is 4. The Labute approximate surface area is 251 Å². The van der Waals surface area contributed by atoms with E-state index < -0.39 is 6.23 Å². The van der Waals surface area contributed by atoms with Gasteiger partial charge in [-0.2, -0.15) is 0 Å². The molecule has 222 valence electrons. The molecule has 0 aliphatic carbocycles. The first kappa shape index (κ1) is 28.3. The summed E-state index contributed by atoms with van der Waals surface area (Å²) in [5, 5.41) is 5.78. The zero-order valence-electron chi connectivity index (χ0n) is 24.9. The highest BCUT2D eigenvalue weighted by atomic mass is 16.5. The lowest BCUT2D eigenvalue weighted by molar-refractivity contribution is -0.131. The first-order valence-electron chi connectivity index (χ1n) is 14.4. The zero-order chi connectivity index (χ0) is 29.9. The Morgan fingerprint density at radius 1 is 0.791 bits per heavy atom. The van der Waals surface area contributed by atoms with E-state index in [9.17, 15) is 4.79 Å². The van der Waals surface area contributed by atoms with Gasteiger partial charge in [-0.3, -0.25) is 9.69 Å². The van der Waals surface area contributed by atoms with E-state index in [2.05, 4.69) is 23.5 Å². The molecule has 43 heavy (non-hydrogen) atoms. The van der Waals surface area contributed by atoms with Crippen molar-refractivity contribution in [3.8, 4) is 28.7 Å². The molecule has 4 aromatic carbocycles. The van der Waals surface area contributed by atoms with Gasteiger partial charge < -0.3 is 29.0 Å². The van der Waals surface area contributed by atoms with E-state index in [1.165, 1.54) is 0 Å². The molecule has 8 nitrogen and oxygen atoms in total. The fourth-order valence-corrected chi connectivity index (χ4v) is 5.99. The van der Waals surface area contributed by atoms with Gasteiger partial charge >= 0.3 is 0 Å². The topological polar surface area (TPSA) is 78.5 Å². The summed E-state index contributed by atoms with van der Waals surface area (Å²) in [6, 6.07) is 24.1. The average Bonchev–Trinajstić information content (AvgIpc) is 3.31. The molecule has 1 N–H and O–H groups in total. The molecule has 6 rings (SSSR count). The Morgan fingerprint density at radius 3 is 2.12 bits per heavy atom. The van der Waals surface area contributed by atoms with Crippen molar-refractivity contribution in [3.63, 3.8) is 0 Å². The number of carbonyl (C=O) groups excluding carboxylic acids is 1. The molecule has 0 bridgehead atoms. The molecular weight excluding hydrogens is 544 g/mol. The van der Waals surface area contributed by atoms with E-state index >= 15 is 0 Å². The Morgan fingerprint density at radius 2 is 1.44 bits per heavy atom. The van der Waals surface area contributed by atoms with Crippen LogP contribution in [0, 0.1) is 0 Å². The SMILES string of the molecule is COc1ccc(CCNC2=C3Cc4c(ccc5ccccc45)OC3N(CCc3ccc(OC)c(OC)c3)C2=O)cc1OC. The summed E-state index contributed by atoms with van der Waals surface area (Å²) in [7, 11) is 6.50. The summed E-state index contributed by atoms with van der Waals surface area (Å²) in [6.07, 6.45) is 1.52. The van der Waals surface area contributed by atoms with Gasteiger partial charge in [0.05, 0.1) is 28.4 Å². The molecule has 1 amide bonds. The Balaban J connectivity index is 1.27. The minimum absolute atomic E-state index is 0.0510. The van der Waals surface area contributed by atoms with Crippen molar-refractivity contribution < 1.29 is 28.5 Å². The van der Waals surface area contributed by atoms with Gasteiger partial charge in [0.2, 0.25) is 0 Å². The number of carbonyl (C=O) groups is 1. The van der Waals surface area contributed by atoms with Crippen molar-refractivity contribution >= 4 is 16.7 Å². The smallest absolute Gasteiger partial charge is 0.273 e. The van der Waals surface area contributed by atoms with Crippen LogP contribution in [-0.4, -0.2) is 58.6 Å². The second-order valence-corrected chi connectivity index (χ2v) is 10.6. The van der Waals surface area contributed by atoms with Gasteiger partial charge in [0.25, 0.3) is 5.91 Å². The molecular formula is C35H36N2O6. The molecule has 2 heterocycles. The standard InChI is InChI=1S/C35H36N2O6/c1-39-29-12-9-22(19-31(29)41-3)15-17-36-33-27-21-26-25-8-6-5-7-24(25)11-14-28(26)43-35(27)37(34(33)38)18-16-23-10-13-30(40-2)32(20-23)42-4/h5-14,19-20,35-36H,15-18,21H2,1-4H3. The molecule has 0 spiro atoms. The third-order valence-electron chi connectivity index (χ3n) is 8.23. The quantitative estimate of drug-likeness (QED) is 0.258. The lowest BCUT2D eigenvalue weighted by Crippen LogP contribution is -2.42. The van der Waals surface area contributed by atoms with Crippen LogP contribution in [0.1, 0.15) is 16.7 Å². The third-order valence-corrected chi connectivity index (χ3v) is 8.23. The summed E-state index contributed by atoms with van der Waals surface area (Å²) < 4.78 is 28.3. The van der Waals surface area contributed by atoms with Crippen LogP contribution in [0.4, 0.5) is 0 Å². The van der Waals surface area contributed by atoms with Crippen LogP contribution in [0.2, 0.25) is 0 Å². The lowest BCUT2D eigenvalue weighted by Gasteiger charge is -2.32. The largest absolute Gasteiger partial charge is 0.493 e. The van der Waals surface area contributed by atoms with Crippen molar-refractivity contribution in [3.05, 3.63) is 101 Å². The van der Waals surface area contributed by atoms with Gasteiger partial charge in [-0.25, -0.2) is 0 Å². The molecule has 2 aliphatic heterocycles. The number of fused-ring (bicyclic) bond motifs is 4. The maximum absolute atomic E-state index is 14.0. The zero-order valence-corrected chi connectivity index (χ0v) is 24.9. The number of methoxy groups -OCH3 is 4. The molecule has 0 radical (unpaired) electrons. The summed E-state index contributed by atoms with van der Waals surface area (Å²) in [5.74, 6) is 3.48. The molecule has 0 saturated heterocycles. The average molecular weight is 581 g/mol. The number of ether oxygens (including phenoxy) is 5. The van der Waals surface area contributed by atoms with Crippen LogP contribution < -0.4 is 29.0 Å². The molecule has 0 saturated carbocycles. The second-order valence-electron chi connectivity index (χ2n) is 10.6. The number of nitrogens with zero attached hydrogens (tertiary/aromatic N) is 1. The van der Waals surface area contributed by atoms with Crippen molar-refractivity contribution in [1.82, 2.24) is 10.2 Å². The van der Waals surface area contributed by atoms with Gasteiger partial charge in [0, 0.05) is 30.6 Å². The van der Waals surface area contributed by atoms with Crippen LogP contribution in [0.3, 0.4) is 0 Å². The molecule has 2 aliphatic rings. The highest BCUT2D eigenvalue weighted by Gasteiger charge is 2.43. The molecule has 1 unspecified atom stereocenters. The highest BCUT2D eigenvalue weighted by Crippen LogP contribution is 2.41. The predicted molar refractivity (Wildman–Crippen MR) is 165 cm³/mol. The van der Waals surface area contributed by atoms with E-state index in [1.54, 1.807) is 28.4 Å². The van der Waals surface area contributed by atoms with E-state index in [4.69, 9.17) is 23.7 Å². The predicted octanol–water partition coefficient (Wildman–Crippen LogP) is 5.31. The van der Waals surface area contributed by atoms with Crippen LogP contribution in [-0.2, 0) is 24.1 Å². The third kappa shape index (κ3) is 5.41. The van der Waals surface area contributed by atoms with Crippen molar-refractivity contribution in [2.75, 3.05) is 41.5 Å². The van der Waals surface area contributed by atoms with Crippen molar-refractivity contribution in [1.29, 1.82) is 0 Å². The number of amides is 1. The van der Waals surface area contributed by atoms with Crippen LogP contribution >= 0.6 is 0 Å². The van der Waals surface area contributed by atoms with E-state index in [-0.39, 0.29) is 5.91 Å². The maximum atomic E-state index is 14.0. The number of hydrogen-bond donors (Lipinski definition) is 1. The molecule has 1 atom stereocenters. The van der Waals surface area contributed by atoms with Gasteiger partial charge in [-0.1, -0.05) is 42.5 Å². The maximum Gasteiger partial charge on any atom is 0.273 e. The molecule has 0 aromatic heterocycles. The molecule has 8 heteroatoms. The van der Waals surface area contributed by atoms with Crippen molar-refractivity contribution in [2.45, 2.75) is 25.5 Å². The normalized spacial score (nSPS) is 15.6. The summed E-state index contributed by atoms with van der Waals surface area (Å²) in [5.41, 5.74) is 4.83. The van der Waals surface area contributed by atoms with Crippen molar-refractivity contribution in [2.24, 2.45) is 0 Å². The second kappa shape index (κ2) is 12.2. The first-order valence-corrected chi connectivity index (χ1v) is 14.4. The minimum Gasteiger partial charge on any atom is -0.493 e. The monoisotopic (exact) mass is 580 g/mol. The van der Waals surface area contributed by atoms with Gasteiger partial charge in [-0.05, 0) is 65.1 Å². The van der Waals surface area contributed by atoms with E-state index in [1.807, 2.05) is 59.5 Å². The molecule has 0 fully saturated rings. The number of rotatable bonds is 11. The van der Waals surface area contributed by atoms with Crippen LogP contribution in [0.25, 0.3) is 10.8 Å². The Bertz CT molecular complexity index is 1700.